The number of likely N-dealkylation sites (N-methyl/N-ethyl adjacent to an activating group) is 1. The zero-order valence-electron chi connectivity index (χ0n) is 16.5. The Kier molecular flexibility index (Phi) is 10.8. The van der Waals surface area contributed by atoms with Gasteiger partial charge in [0, 0.05) is 27.7 Å². The van der Waals surface area contributed by atoms with E-state index < -0.39 is 12.6 Å². The molecule has 0 unspecified atom stereocenters. The predicted molar refractivity (Wildman–Crippen MR) is 95.2 cm³/mol. The van der Waals surface area contributed by atoms with Crippen LogP contribution < -0.4 is 0 Å². The van der Waals surface area contributed by atoms with E-state index in [1.807, 2.05) is 6.08 Å². The van der Waals surface area contributed by atoms with E-state index in [-0.39, 0.29) is 30.8 Å². The van der Waals surface area contributed by atoms with Crippen LogP contribution in [0.5, 0.6) is 0 Å². The number of allylic oxidation sites excluding steroid dienone is 1. The summed E-state index contributed by atoms with van der Waals surface area (Å²) in [6.45, 7) is 5.45. The minimum Gasteiger partial charge on any atom is -0.459 e. The minimum atomic E-state index is -0.502. The normalized spacial score (nSPS) is 20.2. The van der Waals surface area contributed by atoms with Crippen LogP contribution in [0.2, 0.25) is 0 Å². The molecule has 1 heterocycles. The lowest BCUT2D eigenvalue weighted by Gasteiger charge is -2.32. The van der Waals surface area contributed by atoms with Gasteiger partial charge in [0.05, 0.1) is 33.0 Å². The molecule has 8 heteroatoms. The van der Waals surface area contributed by atoms with E-state index in [9.17, 15) is 4.79 Å². The Labute approximate surface area is 156 Å². The summed E-state index contributed by atoms with van der Waals surface area (Å²) in [5, 5.41) is 8.70. The molecule has 0 spiro atoms. The molecule has 0 aromatic rings. The molecule has 8 nitrogen and oxygen atoms in total. The van der Waals surface area contributed by atoms with Gasteiger partial charge in [-0.05, 0) is 17.9 Å². The molecule has 1 amide bonds. The van der Waals surface area contributed by atoms with Crippen LogP contribution >= 0.6 is 0 Å². The molecular weight excluding hydrogens is 342 g/mol. The smallest absolute Gasteiger partial charge is 0.288 e. The summed E-state index contributed by atoms with van der Waals surface area (Å²) in [7, 11) is 4.73. The number of hydrogen-bond acceptors (Lipinski definition) is 7. The molecular formula is C18H33NO7. The molecule has 152 valence electrons. The number of rotatable bonds is 12. The highest BCUT2D eigenvalue weighted by Gasteiger charge is 2.31. The summed E-state index contributed by atoms with van der Waals surface area (Å²) in [4.78, 5) is 14.2. The summed E-state index contributed by atoms with van der Waals surface area (Å²) < 4.78 is 26.9. The van der Waals surface area contributed by atoms with Gasteiger partial charge < -0.3 is 33.7 Å². The number of aliphatic hydroxyl groups excluding tert-OH is 1. The van der Waals surface area contributed by atoms with Crippen molar-refractivity contribution in [2.75, 3.05) is 54.2 Å². The fourth-order valence-corrected chi connectivity index (χ4v) is 2.55. The summed E-state index contributed by atoms with van der Waals surface area (Å²) in [5.41, 5.74) is 0. The van der Waals surface area contributed by atoms with Crippen molar-refractivity contribution >= 4 is 5.91 Å². The second kappa shape index (κ2) is 12.2. The molecule has 0 aliphatic carbocycles. The van der Waals surface area contributed by atoms with E-state index in [1.165, 1.54) is 19.1 Å². The van der Waals surface area contributed by atoms with Crippen molar-refractivity contribution in [3.05, 3.63) is 11.8 Å². The molecule has 2 atom stereocenters. The van der Waals surface area contributed by atoms with E-state index in [1.54, 1.807) is 7.05 Å². The van der Waals surface area contributed by atoms with Crippen LogP contribution in [0.3, 0.4) is 0 Å². The van der Waals surface area contributed by atoms with Crippen molar-refractivity contribution < 1.29 is 33.6 Å². The molecule has 0 saturated heterocycles. The maximum absolute atomic E-state index is 12.7. The molecule has 0 bridgehead atoms. The Morgan fingerprint density at radius 2 is 2.00 bits per heavy atom. The van der Waals surface area contributed by atoms with Crippen molar-refractivity contribution in [3.63, 3.8) is 0 Å². The molecule has 1 aliphatic heterocycles. The summed E-state index contributed by atoms with van der Waals surface area (Å²) in [5.74, 6) is 0.582. The van der Waals surface area contributed by atoms with Crippen LogP contribution in [-0.4, -0.2) is 82.7 Å². The van der Waals surface area contributed by atoms with Crippen LogP contribution in [0.1, 0.15) is 20.3 Å². The van der Waals surface area contributed by atoms with E-state index in [0.717, 1.165) is 0 Å². The average Bonchev–Trinajstić information content (AvgIpc) is 2.64. The number of ether oxygens (including phenoxy) is 5. The van der Waals surface area contributed by atoms with Gasteiger partial charge in [0.1, 0.15) is 0 Å². The van der Waals surface area contributed by atoms with E-state index >= 15 is 0 Å². The monoisotopic (exact) mass is 375 g/mol. The lowest BCUT2D eigenvalue weighted by Crippen LogP contribution is -2.40. The first-order chi connectivity index (χ1) is 12.4. The summed E-state index contributed by atoms with van der Waals surface area (Å²) in [6, 6.07) is 0. The van der Waals surface area contributed by atoms with Gasteiger partial charge in [0.2, 0.25) is 6.29 Å². The number of carbonyl (C=O) groups is 1. The van der Waals surface area contributed by atoms with Gasteiger partial charge in [-0.15, -0.1) is 0 Å². The van der Waals surface area contributed by atoms with Crippen molar-refractivity contribution in [2.24, 2.45) is 11.8 Å². The van der Waals surface area contributed by atoms with Crippen LogP contribution in [0.4, 0.5) is 0 Å². The van der Waals surface area contributed by atoms with Crippen LogP contribution in [0.25, 0.3) is 0 Å². The van der Waals surface area contributed by atoms with Crippen molar-refractivity contribution in [1.29, 1.82) is 0 Å². The van der Waals surface area contributed by atoms with Gasteiger partial charge in [0.15, 0.2) is 12.0 Å². The first-order valence-corrected chi connectivity index (χ1v) is 8.92. The maximum atomic E-state index is 12.7. The Morgan fingerprint density at radius 1 is 1.31 bits per heavy atom. The number of carbonyl (C=O) groups excluding carboxylic acids is 1. The molecule has 26 heavy (non-hydrogen) atoms. The zero-order valence-corrected chi connectivity index (χ0v) is 16.5. The van der Waals surface area contributed by atoms with Crippen molar-refractivity contribution in [1.82, 2.24) is 4.90 Å². The van der Waals surface area contributed by atoms with Crippen LogP contribution in [0.15, 0.2) is 11.8 Å². The largest absolute Gasteiger partial charge is 0.459 e. The summed E-state index contributed by atoms with van der Waals surface area (Å²) in [6.07, 6.45) is 1.56. The Balaban J connectivity index is 2.66. The highest BCUT2D eigenvalue weighted by Crippen LogP contribution is 2.29. The molecule has 1 rings (SSSR count). The fourth-order valence-electron chi connectivity index (χ4n) is 2.55. The zero-order chi connectivity index (χ0) is 19.5. The molecule has 0 aromatic heterocycles. The second-order valence-corrected chi connectivity index (χ2v) is 6.52. The highest BCUT2D eigenvalue weighted by atomic mass is 16.7. The van der Waals surface area contributed by atoms with Gasteiger partial charge >= 0.3 is 0 Å². The molecule has 1 N–H and O–H groups in total. The first kappa shape index (κ1) is 22.9. The third kappa shape index (κ3) is 7.59. The van der Waals surface area contributed by atoms with Gasteiger partial charge in [-0.25, -0.2) is 0 Å². The van der Waals surface area contributed by atoms with E-state index in [2.05, 4.69) is 13.8 Å². The standard InChI is InChI=1S/C18H33NO7/c1-13(2)14-10-15(18(21)19(3)12-17(22-4)23-5)26-16(11-14)25-9-8-24-7-6-20/h10,13-14,16-17,20H,6-9,11-12H2,1-5H3/t14-,16+/m1/s1. The first-order valence-electron chi connectivity index (χ1n) is 8.92. The van der Waals surface area contributed by atoms with Crippen LogP contribution in [-0.2, 0) is 28.5 Å². The second-order valence-electron chi connectivity index (χ2n) is 6.52. The molecule has 0 radical (unpaired) electrons. The lowest BCUT2D eigenvalue weighted by molar-refractivity contribution is -0.164. The van der Waals surface area contributed by atoms with E-state index in [4.69, 9.17) is 28.8 Å². The number of hydrogen-bond donors (Lipinski definition) is 1. The third-order valence-corrected chi connectivity index (χ3v) is 4.22. The minimum absolute atomic E-state index is 0.0208. The SMILES string of the molecule is COC(CN(C)C(=O)C1=C[C@@H](C(C)C)C[C@@H](OCCOCCO)O1)OC. The van der Waals surface area contributed by atoms with Gasteiger partial charge in [-0.3, -0.25) is 4.79 Å². The van der Waals surface area contributed by atoms with Crippen molar-refractivity contribution in [2.45, 2.75) is 32.8 Å². The van der Waals surface area contributed by atoms with Gasteiger partial charge in [-0.1, -0.05) is 13.8 Å². The molecule has 1 aliphatic rings. The lowest BCUT2D eigenvalue weighted by atomic mass is 9.90. The topological polar surface area (TPSA) is 86.7 Å². The average molecular weight is 375 g/mol. The number of methoxy groups -OCH3 is 2. The Hall–Kier alpha value is -1.19. The number of aliphatic hydroxyl groups is 1. The summed E-state index contributed by atoms with van der Waals surface area (Å²) >= 11 is 0. The fraction of sp³-hybridized carbons (Fsp3) is 0.833. The molecule has 0 saturated carbocycles. The molecule has 0 aromatic carbocycles. The van der Waals surface area contributed by atoms with Gasteiger partial charge in [0.25, 0.3) is 5.91 Å². The number of nitrogens with zero attached hydrogens (tertiary/aromatic N) is 1. The highest BCUT2D eigenvalue weighted by molar-refractivity contribution is 5.91. The maximum Gasteiger partial charge on any atom is 0.288 e. The third-order valence-electron chi connectivity index (χ3n) is 4.22. The Bertz CT molecular complexity index is 437. The van der Waals surface area contributed by atoms with Crippen molar-refractivity contribution in [3.8, 4) is 0 Å². The van der Waals surface area contributed by atoms with E-state index in [0.29, 0.717) is 32.1 Å². The Morgan fingerprint density at radius 3 is 2.58 bits per heavy atom. The number of amides is 1. The predicted octanol–water partition coefficient (Wildman–Crippen LogP) is 0.992. The quantitative estimate of drug-likeness (QED) is 0.402. The molecule has 0 fully saturated rings. The van der Waals surface area contributed by atoms with Gasteiger partial charge in [-0.2, -0.15) is 0 Å². The van der Waals surface area contributed by atoms with Crippen LogP contribution in [0, 0.1) is 11.8 Å².